The number of amides is 1. The highest BCUT2D eigenvalue weighted by atomic mass is 32.1. The fourth-order valence-corrected chi connectivity index (χ4v) is 3.68. The zero-order chi connectivity index (χ0) is 17.3. The number of ether oxygens (including phenoxy) is 1. The Morgan fingerprint density at radius 2 is 2.12 bits per heavy atom. The van der Waals surface area contributed by atoms with Crippen LogP contribution < -0.4 is 4.90 Å². The summed E-state index contributed by atoms with van der Waals surface area (Å²) in [5.74, 6) is 0.0851. The Kier molecular flexibility index (Phi) is 4.87. The van der Waals surface area contributed by atoms with Gasteiger partial charge in [-0.05, 0) is 43.0 Å². The van der Waals surface area contributed by atoms with Crippen LogP contribution in [0.25, 0.3) is 0 Å². The van der Waals surface area contributed by atoms with Gasteiger partial charge in [0, 0.05) is 32.0 Å². The Balaban J connectivity index is 1.79. The molecule has 2 aromatic rings. The number of aryl methyl sites for hydroxylation is 2. The molecule has 1 atom stereocenters. The number of hydrogen-bond donors (Lipinski definition) is 0. The maximum Gasteiger partial charge on any atom is 0.264 e. The molecule has 1 aliphatic rings. The van der Waals surface area contributed by atoms with E-state index in [0.29, 0.717) is 19.7 Å². The summed E-state index contributed by atoms with van der Waals surface area (Å²) in [5.41, 5.74) is 4.07. The van der Waals surface area contributed by atoms with Gasteiger partial charge in [0.25, 0.3) is 5.91 Å². The monoisotopic (exact) mass is 345 g/mol. The molecule has 0 unspecified atom stereocenters. The van der Waals surface area contributed by atoms with Gasteiger partial charge in [-0.1, -0.05) is 0 Å². The number of rotatable bonds is 3. The molecule has 128 valence electrons. The Morgan fingerprint density at radius 3 is 2.79 bits per heavy atom. The Labute approximate surface area is 146 Å². The fraction of sp³-hybridized carbons (Fsp3) is 0.444. The zero-order valence-electron chi connectivity index (χ0n) is 14.6. The van der Waals surface area contributed by atoms with E-state index in [1.54, 1.807) is 0 Å². The van der Waals surface area contributed by atoms with Crippen LogP contribution in [0.15, 0.2) is 23.6 Å². The van der Waals surface area contributed by atoms with Crippen LogP contribution in [0.4, 0.5) is 5.69 Å². The SMILES string of the molecule is Cc1csc(C(=O)N2CCO[C@@H](c3cc(N(C)C)cc(C)n3)C2)c1. The second kappa shape index (κ2) is 6.91. The van der Waals surface area contributed by atoms with E-state index in [1.807, 2.05) is 56.4 Å². The molecule has 24 heavy (non-hydrogen) atoms. The predicted octanol–water partition coefficient (Wildman–Crippen LogP) is 3.04. The lowest BCUT2D eigenvalue weighted by molar-refractivity contribution is -0.0246. The third kappa shape index (κ3) is 3.60. The van der Waals surface area contributed by atoms with Crippen molar-refractivity contribution >= 4 is 22.9 Å². The summed E-state index contributed by atoms with van der Waals surface area (Å²) < 4.78 is 5.90. The van der Waals surface area contributed by atoms with Crippen molar-refractivity contribution < 1.29 is 9.53 Å². The first-order valence-electron chi connectivity index (χ1n) is 8.06. The number of aromatic nitrogens is 1. The molecule has 0 spiro atoms. The lowest BCUT2D eigenvalue weighted by Gasteiger charge is -2.33. The van der Waals surface area contributed by atoms with Gasteiger partial charge in [0.2, 0.25) is 0 Å². The summed E-state index contributed by atoms with van der Waals surface area (Å²) >= 11 is 1.50. The minimum absolute atomic E-state index is 0.0851. The van der Waals surface area contributed by atoms with Gasteiger partial charge in [0.05, 0.1) is 23.7 Å². The molecule has 0 saturated carbocycles. The van der Waals surface area contributed by atoms with Gasteiger partial charge in [-0.2, -0.15) is 0 Å². The molecule has 0 radical (unpaired) electrons. The molecule has 0 N–H and O–H groups in total. The Morgan fingerprint density at radius 1 is 1.33 bits per heavy atom. The van der Waals surface area contributed by atoms with Crippen LogP contribution >= 0.6 is 11.3 Å². The maximum atomic E-state index is 12.7. The Bertz CT molecular complexity index is 742. The van der Waals surface area contributed by atoms with Crippen LogP contribution in [0.1, 0.15) is 32.7 Å². The molecule has 5 nitrogen and oxygen atoms in total. The van der Waals surface area contributed by atoms with Crippen molar-refractivity contribution in [1.82, 2.24) is 9.88 Å². The standard InChI is InChI=1S/C18H23N3O2S/c1-12-7-17(24-11-12)18(22)21-5-6-23-16(10-21)15-9-14(20(3)4)8-13(2)19-15/h7-9,11,16H,5-6,10H2,1-4H3/t16-/m1/s1. The maximum absolute atomic E-state index is 12.7. The van der Waals surface area contributed by atoms with Crippen molar-refractivity contribution in [2.75, 3.05) is 38.7 Å². The van der Waals surface area contributed by atoms with Crippen molar-refractivity contribution in [3.05, 3.63) is 45.4 Å². The first-order chi connectivity index (χ1) is 11.4. The number of carbonyl (C=O) groups is 1. The van der Waals surface area contributed by atoms with Crippen LogP contribution in [0.2, 0.25) is 0 Å². The summed E-state index contributed by atoms with van der Waals surface area (Å²) in [4.78, 5) is 22.0. The van der Waals surface area contributed by atoms with Crippen molar-refractivity contribution in [2.45, 2.75) is 20.0 Å². The van der Waals surface area contributed by atoms with E-state index in [-0.39, 0.29) is 12.0 Å². The molecule has 1 fully saturated rings. The van der Waals surface area contributed by atoms with Gasteiger partial charge in [0.15, 0.2) is 0 Å². The Hall–Kier alpha value is -1.92. The number of nitrogens with zero attached hydrogens (tertiary/aromatic N) is 3. The van der Waals surface area contributed by atoms with Gasteiger partial charge in [-0.25, -0.2) is 0 Å². The minimum atomic E-state index is -0.178. The van der Waals surface area contributed by atoms with Crippen molar-refractivity contribution in [3.8, 4) is 0 Å². The summed E-state index contributed by atoms with van der Waals surface area (Å²) in [7, 11) is 4.02. The van der Waals surface area contributed by atoms with E-state index in [4.69, 9.17) is 4.74 Å². The highest BCUT2D eigenvalue weighted by Crippen LogP contribution is 2.26. The van der Waals surface area contributed by atoms with Gasteiger partial charge in [0.1, 0.15) is 6.10 Å². The second-order valence-corrected chi connectivity index (χ2v) is 7.30. The normalized spacial score (nSPS) is 17.8. The van der Waals surface area contributed by atoms with Crippen molar-refractivity contribution in [3.63, 3.8) is 0 Å². The quantitative estimate of drug-likeness (QED) is 0.858. The van der Waals surface area contributed by atoms with E-state index in [1.165, 1.54) is 11.3 Å². The average molecular weight is 345 g/mol. The lowest BCUT2D eigenvalue weighted by Crippen LogP contribution is -2.42. The number of morpholine rings is 1. The highest BCUT2D eigenvalue weighted by molar-refractivity contribution is 7.12. The molecular weight excluding hydrogens is 322 g/mol. The molecule has 1 aliphatic heterocycles. The van der Waals surface area contributed by atoms with E-state index in [0.717, 1.165) is 27.5 Å². The van der Waals surface area contributed by atoms with E-state index in [9.17, 15) is 4.79 Å². The molecule has 3 heterocycles. The third-order valence-electron chi connectivity index (χ3n) is 4.10. The third-order valence-corrected chi connectivity index (χ3v) is 5.14. The number of thiophene rings is 1. The van der Waals surface area contributed by atoms with Gasteiger partial charge < -0.3 is 14.5 Å². The van der Waals surface area contributed by atoms with Crippen LogP contribution in [-0.4, -0.2) is 49.6 Å². The van der Waals surface area contributed by atoms with Crippen molar-refractivity contribution in [1.29, 1.82) is 0 Å². The van der Waals surface area contributed by atoms with E-state index in [2.05, 4.69) is 9.88 Å². The van der Waals surface area contributed by atoms with Gasteiger partial charge >= 0.3 is 0 Å². The minimum Gasteiger partial charge on any atom is -0.378 e. The topological polar surface area (TPSA) is 45.7 Å². The van der Waals surface area contributed by atoms with E-state index >= 15 is 0 Å². The number of hydrogen-bond acceptors (Lipinski definition) is 5. The molecular formula is C18H23N3O2S. The molecule has 6 heteroatoms. The largest absolute Gasteiger partial charge is 0.378 e. The second-order valence-electron chi connectivity index (χ2n) is 6.38. The first kappa shape index (κ1) is 16.9. The van der Waals surface area contributed by atoms with Crippen molar-refractivity contribution in [2.24, 2.45) is 0 Å². The number of anilines is 1. The van der Waals surface area contributed by atoms with Crippen LogP contribution in [0, 0.1) is 13.8 Å². The molecule has 0 aliphatic carbocycles. The highest BCUT2D eigenvalue weighted by Gasteiger charge is 2.28. The molecule has 1 amide bonds. The summed E-state index contributed by atoms with van der Waals surface area (Å²) in [5, 5.41) is 2.01. The number of pyridine rings is 1. The summed E-state index contributed by atoms with van der Waals surface area (Å²) in [6.07, 6.45) is -0.178. The molecule has 0 aromatic carbocycles. The van der Waals surface area contributed by atoms with Crippen LogP contribution in [0.3, 0.4) is 0 Å². The zero-order valence-corrected chi connectivity index (χ0v) is 15.4. The predicted molar refractivity (Wildman–Crippen MR) is 97.0 cm³/mol. The first-order valence-corrected chi connectivity index (χ1v) is 8.94. The summed E-state index contributed by atoms with van der Waals surface area (Å²) in [6, 6.07) is 6.04. The number of carbonyl (C=O) groups excluding carboxylic acids is 1. The fourth-order valence-electron chi connectivity index (χ4n) is 2.81. The molecule has 0 bridgehead atoms. The van der Waals surface area contributed by atoms with Gasteiger partial charge in [-0.15, -0.1) is 11.3 Å². The molecule has 3 rings (SSSR count). The van der Waals surface area contributed by atoms with Gasteiger partial charge in [-0.3, -0.25) is 9.78 Å². The lowest BCUT2D eigenvalue weighted by atomic mass is 10.1. The van der Waals surface area contributed by atoms with Crippen LogP contribution in [-0.2, 0) is 4.74 Å². The summed E-state index contributed by atoms with van der Waals surface area (Å²) in [6.45, 7) is 5.69. The van der Waals surface area contributed by atoms with Crippen LogP contribution in [0.5, 0.6) is 0 Å². The average Bonchev–Trinajstić information content (AvgIpc) is 3.00. The molecule has 2 aromatic heterocycles. The smallest absolute Gasteiger partial charge is 0.264 e. The van der Waals surface area contributed by atoms with E-state index < -0.39 is 0 Å². The molecule has 1 saturated heterocycles.